The monoisotopic (exact) mass is 331 g/mol. The second-order valence-corrected chi connectivity index (χ2v) is 7.19. The van der Waals surface area contributed by atoms with Gasteiger partial charge in [-0.25, -0.2) is 0 Å². The van der Waals surface area contributed by atoms with Crippen LogP contribution in [0.4, 0.5) is 0 Å². The van der Waals surface area contributed by atoms with Gasteiger partial charge in [-0.3, -0.25) is 9.69 Å². The van der Waals surface area contributed by atoms with E-state index in [0.29, 0.717) is 6.04 Å². The van der Waals surface area contributed by atoms with Gasteiger partial charge in [0.05, 0.1) is 18.8 Å². The van der Waals surface area contributed by atoms with Gasteiger partial charge in [0.25, 0.3) is 5.91 Å². The van der Waals surface area contributed by atoms with Crippen LogP contribution in [0.25, 0.3) is 0 Å². The SMILES string of the molecule is CN1C[C@@H]2COCCN2C2(C1)CN(C(=O)COc1ccccc1)C2. The van der Waals surface area contributed by atoms with Crippen LogP contribution in [-0.2, 0) is 9.53 Å². The highest BCUT2D eigenvalue weighted by Gasteiger charge is 2.54. The standard InChI is InChI=1S/C18H25N3O3/c1-19-9-15-10-23-8-7-21(15)18(12-19)13-20(14-18)17(22)11-24-16-5-3-2-4-6-16/h2-6,15H,7-14H2,1H3/t15-/m1/s1. The van der Waals surface area contributed by atoms with Crippen LogP contribution >= 0.6 is 0 Å². The number of carbonyl (C=O) groups excluding carboxylic acids is 1. The zero-order chi connectivity index (χ0) is 16.6. The van der Waals surface area contributed by atoms with E-state index in [1.165, 1.54) is 0 Å². The Morgan fingerprint density at radius 1 is 1.29 bits per heavy atom. The summed E-state index contributed by atoms with van der Waals surface area (Å²) in [4.78, 5) is 19.3. The summed E-state index contributed by atoms with van der Waals surface area (Å²) in [5, 5.41) is 0. The van der Waals surface area contributed by atoms with Gasteiger partial charge in [0.2, 0.25) is 0 Å². The molecule has 0 saturated carbocycles. The third-order valence-corrected chi connectivity index (χ3v) is 5.35. The maximum atomic E-state index is 12.4. The molecule has 0 radical (unpaired) electrons. The van der Waals surface area contributed by atoms with Gasteiger partial charge >= 0.3 is 0 Å². The number of rotatable bonds is 3. The molecule has 6 heteroatoms. The van der Waals surface area contributed by atoms with Crippen molar-refractivity contribution in [1.82, 2.24) is 14.7 Å². The lowest BCUT2D eigenvalue weighted by atomic mass is 9.82. The van der Waals surface area contributed by atoms with Crippen LogP contribution < -0.4 is 4.74 Å². The second-order valence-electron chi connectivity index (χ2n) is 7.19. The van der Waals surface area contributed by atoms with Crippen molar-refractivity contribution in [1.29, 1.82) is 0 Å². The zero-order valence-electron chi connectivity index (χ0n) is 14.2. The number of benzene rings is 1. The van der Waals surface area contributed by atoms with Gasteiger partial charge in [0.15, 0.2) is 6.61 Å². The summed E-state index contributed by atoms with van der Waals surface area (Å²) >= 11 is 0. The van der Waals surface area contributed by atoms with Gasteiger partial charge < -0.3 is 19.3 Å². The minimum atomic E-state index is 0.0718. The summed E-state index contributed by atoms with van der Waals surface area (Å²) in [7, 11) is 2.16. The van der Waals surface area contributed by atoms with E-state index in [2.05, 4.69) is 16.8 Å². The van der Waals surface area contributed by atoms with Crippen LogP contribution in [0.1, 0.15) is 0 Å². The van der Waals surface area contributed by atoms with Crippen LogP contribution in [0.15, 0.2) is 30.3 Å². The van der Waals surface area contributed by atoms with Crippen molar-refractivity contribution in [3.05, 3.63) is 30.3 Å². The van der Waals surface area contributed by atoms with E-state index in [-0.39, 0.29) is 18.1 Å². The van der Waals surface area contributed by atoms with Gasteiger partial charge in [-0.15, -0.1) is 0 Å². The Bertz CT molecular complexity index is 588. The predicted octanol–water partition coefficient (Wildman–Crippen LogP) is 0.293. The second kappa shape index (κ2) is 6.35. The molecule has 1 aromatic rings. The highest BCUT2D eigenvalue weighted by molar-refractivity contribution is 5.79. The molecule has 130 valence electrons. The van der Waals surface area contributed by atoms with E-state index in [0.717, 1.165) is 51.7 Å². The highest BCUT2D eigenvalue weighted by Crippen LogP contribution is 2.35. The van der Waals surface area contributed by atoms with Crippen molar-refractivity contribution in [2.24, 2.45) is 0 Å². The fourth-order valence-corrected chi connectivity index (χ4v) is 4.32. The molecule has 0 aliphatic carbocycles. The third kappa shape index (κ3) is 2.90. The van der Waals surface area contributed by atoms with Crippen molar-refractivity contribution in [2.75, 3.05) is 59.6 Å². The average molecular weight is 331 g/mol. The first-order chi connectivity index (χ1) is 11.7. The minimum Gasteiger partial charge on any atom is -0.484 e. The van der Waals surface area contributed by atoms with Gasteiger partial charge in [-0.2, -0.15) is 0 Å². The molecule has 3 heterocycles. The highest BCUT2D eigenvalue weighted by atomic mass is 16.5. The maximum Gasteiger partial charge on any atom is 0.260 e. The molecule has 0 unspecified atom stereocenters. The molecule has 1 amide bonds. The normalized spacial score (nSPS) is 26.7. The lowest BCUT2D eigenvalue weighted by Gasteiger charge is -2.62. The first-order valence-electron chi connectivity index (χ1n) is 8.65. The number of likely N-dealkylation sites (N-methyl/N-ethyl adjacent to an activating group) is 1. The Kier molecular flexibility index (Phi) is 4.20. The van der Waals surface area contributed by atoms with Crippen molar-refractivity contribution in [3.63, 3.8) is 0 Å². The molecule has 3 saturated heterocycles. The Balaban J connectivity index is 1.35. The first kappa shape index (κ1) is 15.9. The average Bonchev–Trinajstić information content (AvgIpc) is 2.57. The van der Waals surface area contributed by atoms with Crippen molar-refractivity contribution in [3.8, 4) is 5.75 Å². The molecule has 1 aromatic carbocycles. The summed E-state index contributed by atoms with van der Waals surface area (Å²) in [6.07, 6.45) is 0. The van der Waals surface area contributed by atoms with E-state index in [9.17, 15) is 4.79 Å². The minimum absolute atomic E-state index is 0.0718. The summed E-state index contributed by atoms with van der Waals surface area (Å²) in [6.45, 7) is 6.35. The van der Waals surface area contributed by atoms with E-state index >= 15 is 0 Å². The topological polar surface area (TPSA) is 45.2 Å². The smallest absolute Gasteiger partial charge is 0.260 e. The Morgan fingerprint density at radius 3 is 2.88 bits per heavy atom. The zero-order valence-corrected chi connectivity index (χ0v) is 14.2. The number of morpholine rings is 1. The number of carbonyl (C=O) groups is 1. The van der Waals surface area contributed by atoms with E-state index in [1.54, 1.807) is 0 Å². The Labute approximate surface area is 142 Å². The summed E-state index contributed by atoms with van der Waals surface area (Å²) < 4.78 is 11.2. The summed E-state index contributed by atoms with van der Waals surface area (Å²) in [5.74, 6) is 0.814. The fourth-order valence-electron chi connectivity index (χ4n) is 4.32. The van der Waals surface area contributed by atoms with Crippen LogP contribution in [0, 0.1) is 0 Å². The molecule has 1 atom stereocenters. The number of amides is 1. The molecular formula is C18H25N3O3. The molecule has 6 nitrogen and oxygen atoms in total. The number of hydrogen-bond acceptors (Lipinski definition) is 5. The summed E-state index contributed by atoms with van der Waals surface area (Å²) in [6, 6.07) is 9.96. The number of hydrogen-bond donors (Lipinski definition) is 0. The molecule has 4 rings (SSSR count). The van der Waals surface area contributed by atoms with E-state index in [1.807, 2.05) is 35.2 Å². The number of para-hydroxylation sites is 1. The van der Waals surface area contributed by atoms with E-state index in [4.69, 9.17) is 9.47 Å². The number of ether oxygens (including phenoxy) is 2. The molecule has 0 bridgehead atoms. The molecule has 1 spiro atoms. The molecule has 3 fully saturated rings. The Morgan fingerprint density at radius 2 is 2.08 bits per heavy atom. The molecule has 24 heavy (non-hydrogen) atoms. The molecule has 0 aromatic heterocycles. The maximum absolute atomic E-state index is 12.4. The van der Waals surface area contributed by atoms with Crippen LogP contribution in [0.3, 0.4) is 0 Å². The molecule has 3 aliphatic heterocycles. The van der Waals surface area contributed by atoms with Gasteiger partial charge in [0, 0.05) is 38.8 Å². The van der Waals surface area contributed by atoms with Gasteiger partial charge in [-0.1, -0.05) is 18.2 Å². The van der Waals surface area contributed by atoms with Crippen molar-refractivity contribution in [2.45, 2.75) is 11.6 Å². The third-order valence-electron chi connectivity index (χ3n) is 5.35. The fraction of sp³-hybridized carbons (Fsp3) is 0.611. The quantitative estimate of drug-likeness (QED) is 0.797. The van der Waals surface area contributed by atoms with Crippen molar-refractivity contribution >= 4 is 5.91 Å². The largest absolute Gasteiger partial charge is 0.484 e. The Hall–Kier alpha value is -1.63. The number of fused-ring (bicyclic) bond motifs is 2. The molecule has 0 N–H and O–H groups in total. The first-order valence-corrected chi connectivity index (χ1v) is 8.65. The van der Waals surface area contributed by atoms with E-state index < -0.39 is 0 Å². The molecular weight excluding hydrogens is 306 g/mol. The number of nitrogens with zero attached hydrogens (tertiary/aromatic N) is 3. The van der Waals surface area contributed by atoms with Gasteiger partial charge in [-0.05, 0) is 19.2 Å². The van der Waals surface area contributed by atoms with Crippen LogP contribution in [0.5, 0.6) is 5.75 Å². The van der Waals surface area contributed by atoms with Crippen LogP contribution in [-0.4, -0.2) is 91.8 Å². The van der Waals surface area contributed by atoms with Gasteiger partial charge in [0.1, 0.15) is 5.75 Å². The number of piperazine rings is 1. The lowest BCUT2D eigenvalue weighted by Crippen LogP contribution is -2.81. The lowest BCUT2D eigenvalue weighted by molar-refractivity contribution is -0.175. The predicted molar refractivity (Wildman–Crippen MR) is 90.1 cm³/mol. The molecule has 3 aliphatic rings. The van der Waals surface area contributed by atoms with Crippen LogP contribution in [0.2, 0.25) is 0 Å². The van der Waals surface area contributed by atoms with Crippen molar-refractivity contribution < 1.29 is 14.3 Å². The number of likely N-dealkylation sites (tertiary alicyclic amines) is 1. The summed E-state index contributed by atoms with van der Waals surface area (Å²) in [5.41, 5.74) is 0.101.